The SMILES string of the molecule is Cc1cccc(C(C)(C)NC(=O)CC2CC3CCC(C2)N3)c1. The molecule has 1 amide bonds. The Morgan fingerprint density at radius 3 is 2.59 bits per heavy atom. The summed E-state index contributed by atoms with van der Waals surface area (Å²) in [4.78, 5) is 12.5. The third-order valence-corrected chi connectivity index (χ3v) is 5.24. The fourth-order valence-corrected chi connectivity index (χ4v) is 4.11. The second-order valence-corrected chi connectivity index (χ2v) is 7.72. The fourth-order valence-electron chi connectivity index (χ4n) is 4.11. The number of hydrogen-bond acceptors (Lipinski definition) is 2. The standard InChI is InChI=1S/C19H28N2O/c1-13-5-4-6-15(9-13)19(2,3)21-18(22)12-14-10-16-7-8-17(11-14)20-16/h4-6,9,14,16-17,20H,7-8,10-12H2,1-3H3,(H,21,22). The van der Waals surface area contributed by atoms with Crippen molar-refractivity contribution in [1.82, 2.24) is 10.6 Å². The summed E-state index contributed by atoms with van der Waals surface area (Å²) >= 11 is 0. The number of benzene rings is 1. The molecule has 120 valence electrons. The minimum absolute atomic E-state index is 0.192. The van der Waals surface area contributed by atoms with Gasteiger partial charge in [0, 0.05) is 18.5 Å². The van der Waals surface area contributed by atoms with Crippen LogP contribution in [0, 0.1) is 12.8 Å². The van der Waals surface area contributed by atoms with Crippen LogP contribution < -0.4 is 10.6 Å². The number of hydrogen-bond donors (Lipinski definition) is 2. The second-order valence-electron chi connectivity index (χ2n) is 7.72. The summed E-state index contributed by atoms with van der Waals surface area (Å²) in [6.45, 7) is 6.27. The smallest absolute Gasteiger partial charge is 0.220 e. The molecule has 3 heteroatoms. The highest BCUT2D eigenvalue weighted by Gasteiger charge is 2.34. The first kappa shape index (κ1) is 15.5. The maximum absolute atomic E-state index is 12.5. The fraction of sp³-hybridized carbons (Fsp3) is 0.632. The molecule has 0 radical (unpaired) electrons. The van der Waals surface area contributed by atoms with Gasteiger partial charge in [0.25, 0.3) is 0 Å². The van der Waals surface area contributed by atoms with Crippen LogP contribution >= 0.6 is 0 Å². The summed E-state index contributed by atoms with van der Waals surface area (Å²) in [5.41, 5.74) is 2.09. The molecule has 22 heavy (non-hydrogen) atoms. The molecule has 2 bridgehead atoms. The van der Waals surface area contributed by atoms with Crippen LogP contribution in [-0.2, 0) is 10.3 Å². The lowest BCUT2D eigenvalue weighted by atomic mass is 9.88. The number of fused-ring (bicyclic) bond motifs is 2. The number of nitrogens with one attached hydrogen (secondary N) is 2. The van der Waals surface area contributed by atoms with E-state index in [1.807, 2.05) is 0 Å². The van der Waals surface area contributed by atoms with Gasteiger partial charge < -0.3 is 10.6 Å². The van der Waals surface area contributed by atoms with Gasteiger partial charge in [0.05, 0.1) is 5.54 Å². The Labute approximate surface area is 133 Å². The van der Waals surface area contributed by atoms with Crippen molar-refractivity contribution in [3.63, 3.8) is 0 Å². The van der Waals surface area contributed by atoms with E-state index in [2.05, 4.69) is 55.7 Å². The summed E-state index contributed by atoms with van der Waals surface area (Å²) in [5.74, 6) is 0.741. The first-order valence-corrected chi connectivity index (χ1v) is 8.56. The van der Waals surface area contributed by atoms with Crippen molar-refractivity contribution in [3.05, 3.63) is 35.4 Å². The highest BCUT2D eigenvalue weighted by molar-refractivity contribution is 5.77. The summed E-state index contributed by atoms with van der Waals surface area (Å²) < 4.78 is 0. The van der Waals surface area contributed by atoms with Gasteiger partial charge in [-0.3, -0.25) is 4.79 Å². The zero-order chi connectivity index (χ0) is 15.7. The Morgan fingerprint density at radius 1 is 1.27 bits per heavy atom. The van der Waals surface area contributed by atoms with E-state index in [0.29, 0.717) is 24.4 Å². The van der Waals surface area contributed by atoms with Crippen molar-refractivity contribution in [2.75, 3.05) is 0 Å². The van der Waals surface area contributed by atoms with Crippen LogP contribution in [-0.4, -0.2) is 18.0 Å². The zero-order valence-corrected chi connectivity index (χ0v) is 14.0. The van der Waals surface area contributed by atoms with Gasteiger partial charge in [0.1, 0.15) is 0 Å². The van der Waals surface area contributed by atoms with E-state index in [1.165, 1.54) is 24.0 Å². The zero-order valence-electron chi connectivity index (χ0n) is 14.0. The first-order valence-electron chi connectivity index (χ1n) is 8.56. The van der Waals surface area contributed by atoms with Crippen LogP contribution in [0.4, 0.5) is 0 Å². The van der Waals surface area contributed by atoms with Crippen LogP contribution in [0.2, 0.25) is 0 Å². The monoisotopic (exact) mass is 300 g/mol. The molecule has 1 aromatic carbocycles. The van der Waals surface area contributed by atoms with Crippen molar-refractivity contribution in [1.29, 1.82) is 0 Å². The summed E-state index contributed by atoms with van der Waals surface area (Å²) in [6.07, 6.45) is 5.57. The molecular weight excluding hydrogens is 272 g/mol. The van der Waals surface area contributed by atoms with Crippen LogP contribution in [0.1, 0.15) is 57.1 Å². The van der Waals surface area contributed by atoms with E-state index in [9.17, 15) is 4.79 Å². The van der Waals surface area contributed by atoms with Crippen LogP contribution in [0.25, 0.3) is 0 Å². The Kier molecular flexibility index (Phi) is 4.26. The van der Waals surface area contributed by atoms with E-state index >= 15 is 0 Å². The molecule has 2 unspecified atom stereocenters. The summed E-state index contributed by atoms with van der Waals surface area (Å²) in [6, 6.07) is 9.71. The minimum Gasteiger partial charge on any atom is -0.347 e. The summed E-state index contributed by atoms with van der Waals surface area (Å²) in [7, 11) is 0. The van der Waals surface area contributed by atoms with Gasteiger partial charge in [-0.15, -0.1) is 0 Å². The molecule has 2 N–H and O–H groups in total. The second kappa shape index (κ2) is 6.04. The number of aryl methyl sites for hydroxylation is 1. The molecule has 2 aliphatic rings. The average Bonchev–Trinajstić information content (AvgIpc) is 2.77. The highest BCUT2D eigenvalue weighted by Crippen LogP contribution is 2.33. The normalized spacial score (nSPS) is 27.7. The average molecular weight is 300 g/mol. The van der Waals surface area contributed by atoms with E-state index in [0.717, 1.165) is 12.8 Å². The van der Waals surface area contributed by atoms with Crippen molar-refractivity contribution in [3.8, 4) is 0 Å². The number of carbonyl (C=O) groups excluding carboxylic acids is 1. The quantitative estimate of drug-likeness (QED) is 0.896. The van der Waals surface area contributed by atoms with Crippen LogP contribution in [0.15, 0.2) is 24.3 Å². The van der Waals surface area contributed by atoms with Crippen molar-refractivity contribution >= 4 is 5.91 Å². The van der Waals surface area contributed by atoms with Gasteiger partial charge in [-0.25, -0.2) is 0 Å². The molecule has 0 aromatic heterocycles. The maximum atomic E-state index is 12.5. The van der Waals surface area contributed by atoms with Crippen LogP contribution in [0.3, 0.4) is 0 Å². The Bertz CT molecular complexity index is 540. The molecule has 3 rings (SSSR count). The number of carbonyl (C=O) groups is 1. The molecular formula is C19H28N2O. The molecule has 2 atom stereocenters. The molecule has 2 heterocycles. The van der Waals surface area contributed by atoms with Crippen molar-refractivity contribution < 1.29 is 4.79 Å². The lowest BCUT2D eigenvalue weighted by molar-refractivity contribution is -0.124. The van der Waals surface area contributed by atoms with E-state index in [-0.39, 0.29) is 11.4 Å². The third kappa shape index (κ3) is 3.52. The molecule has 0 spiro atoms. The first-order chi connectivity index (χ1) is 10.4. The molecule has 1 aromatic rings. The molecule has 0 saturated carbocycles. The Balaban J connectivity index is 1.59. The van der Waals surface area contributed by atoms with Gasteiger partial charge in [-0.1, -0.05) is 29.8 Å². The lowest BCUT2D eigenvalue weighted by Crippen LogP contribution is -2.44. The minimum atomic E-state index is -0.311. The molecule has 3 nitrogen and oxygen atoms in total. The summed E-state index contributed by atoms with van der Waals surface area (Å²) in [5, 5.41) is 6.88. The molecule has 2 saturated heterocycles. The van der Waals surface area contributed by atoms with Gasteiger partial charge >= 0.3 is 0 Å². The Hall–Kier alpha value is -1.35. The molecule has 2 aliphatic heterocycles. The topological polar surface area (TPSA) is 41.1 Å². The highest BCUT2D eigenvalue weighted by atomic mass is 16.1. The van der Waals surface area contributed by atoms with E-state index in [4.69, 9.17) is 0 Å². The van der Waals surface area contributed by atoms with E-state index in [1.54, 1.807) is 0 Å². The van der Waals surface area contributed by atoms with Crippen molar-refractivity contribution in [2.24, 2.45) is 5.92 Å². The van der Waals surface area contributed by atoms with Crippen LogP contribution in [0.5, 0.6) is 0 Å². The van der Waals surface area contributed by atoms with Gasteiger partial charge in [0.2, 0.25) is 5.91 Å². The number of amides is 1. The largest absolute Gasteiger partial charge is 0.347 e. The number of piperidine rings is 1. The van der Waals surface area contributed by atoms with Gasteiger partial charge in [-0.05, 0) is 57.9 Å². The van der Waals surface area contributed by atoms with Gasteiger partial charge in [0.15, 0.2) is 0 Å². The molecule has 2 fully saturated rings. The third-order valence-electron chi connectivity index (χ3n) is 5.24. The Morgan fingerprint density at radius 2 is 1.95 bits per heavy atom. The van der Waals surface area contributed by atoms with E-state index < -0.39 is 0 Å². The predicted octanol–water partition coefficient (Wildman–Crippen LogP) is 3.27. The maximum Gasteiger partial charge on any atom is 0.220 e. The van der Waals surface area contributed by atoms with Crippen molar-refractivity contribution in [2.45, 2.75) is 70.5 Å². The lowest BCUT2D eigenvalue weighted by Gasteiger charge is -2.31. The van der Waals surface area contributed by atoms with Gasteiger partial charge in [-0.2, -0.15) is 0 Å². The number of rotatable bonds is 4. The molecule has 0 aliphatic carbocycles. The predicted molar refractivity (Wildman–Crippen MR) is 89.6 cm³/mol.